The first-order chi connectivity index (χ1) is 6.93. The molecule has 0 atom stereocenters. The first-order valence-corrected chi connectivity index (χ1v) is 6.21. The average Bonchev–Trinajstić information content (AvgIpc) is 2.25. The van der Waals surface area contributed by atoms with E-state index in [0.717, 1.165) is 6.54 Å². The summed E-state index contributed by atoms with van der Waals surface area (Å²) in [6.07, 6.45) is 3.14. The number of hydrogen-bond acceptors (Lipinski definition) is 2. The van der Waals surface area contributed by atoms with Crippen LogP contribution < -0.4 is 0 Å². The van der Waals surface area contributed by atoms with Crippen molar-refractivity contribution < 1.29 is 0 Å². The molecule has 0 amide bonds. The van der Waals surface area contributed by atoms with Crippen LogP contribution in [-0.4, -0.2) is 24.3 Å². The second-order valence-corrected chi connectivity index (χ2v) is 4.39. The minimum atomic E-state index is 0.946. The monoisotopic (exact) mass is 207 g/mol. The van der Waals surface area contributed by atoms with Gasteiger partial charge in [0.2, 0.25) is 0 Å². The van der Waals surface area contributed by atoms with Crippen molar-refractivity contribution in [3.8, 4) is 0 Å². The molecule has 0 saturated carbocycles. The molecule has 14 heavy (non-hydrogen) atoms. The van der Waals surface area contributed by atoms with E-state index < -0.39 is 0 Å². The second kappa shape index (κ2) is 7.63. The van der Waals surface area contributed by atoms with Crippen LogP contribution in [0.3, 0.4) is 0 Å². The van der Waals surface area contributed by atoms with Crippen molar-refractivity contribution in [2.45, 2.75) is 13.3 Å². The van der Waals surface area contributed by atoms with Gasteiger partial charge in [0.15, 0.2) is 0 Å². The third kappa shape index (κ3) is 5.07. The van der Waals surface area contributed by atoms with Gasteiger partial charge in [0.25, 0.3) is 0 Å². The minimum absolute atomic E-state index is 0.946. The lowest BCUT2D eigenvalue weighted by atomic mass is 10.2. The van der Waals surface area contributed by atoms with Gasteiger partial charge in [0, 0.05) is 12.8 Å². The number of hydrogen-bond donors (Lipinski definition) is 0. The highest BCUT2D eigenvalue weighted by Gasteiger charge is 1.86. The van der Waals surface area contributed by atoms with Crippen LogP contribution in [0.4, 0.5) is 0 Å². The lowest BCUT2D eigenvalue weighted by Gasteiger charge is -1.94. The van der Waals surface area contributed by atoms with Crippen molar-refractivity contribution in [2.24, 2.45) is 4.99 Å². The fourth-order valence-corrected chi connectivity index (χ4v) is 1.73. The van der Waals surface area contributed by atoms with Crippen molar-refractivity contribution in [3.05, 3.63) is 35.9 Å². The zero-order valence-corrected chi connectivity index (χ0v) is 9.46. The summed E-state index contributed by atoms with van der Waals surface area (Å²) >= 11 is 1.98. The van der Waals surface area contributed by atoms with E-state index >= 15 is 0 Å². The van der Waals surface area contributed by atoms with Crippen LogP contribution in [-0.2, 0) is 0 Å². The summed E-state index contributed by atoms with van der Waals surface area (Å²) in [6, 6.07) is 10.2. The Hall–Kier alpha value is -0.760. The zero-order chi connectivity index (χ0) is 10.1. The van der Waals surface area contributed by atoms with Crippen LogP contribution in [0.2, 0.25) is 0 Å². The molecule has 76 valence electrons. The minimum Gasteiger partial charge on any atom is -0.293 e. The number of nitrogens with zero attached hydrogens (tertiary/aromatic N) is 1. The topological polar surface area (TPSA) is 12.4 Å². The van der Waals surface area contributed by atoms with Crippen LogP contribution in [0, 0.1) is 0 Å². The highest BCUT2D eigenvalue weighted by Crippen LogP contribution is 2.00. The molecule has 0 aromatic heterocycles. The van der Waals surface area contributed by atoms with Gasteiger partial charge in [-0.2, -0.15) is 11.8 Å². The van der Waals surface area contributed by atoms with E-state index in [2.05, 4.69) is 24.0 Å². The summed E-state index contributed by atoms with van der Waals surface area (Å²) in [5.41, 5.74) is 1.19. The molecule has 1 nitrogen and oxygen atoms in total. The fourth-order valence-electron chi connectivity index (χ4n) is 1.11. The first-order valence-electron chi connectivity index (χ1n) is 5.06. The summed E-state index contributed by atoms with van der Waals surface area (Å²) in [5.74, 6) is 2.44. The van der Waals surface area contributed by atoms with Crippen molar-refractivity contribution in [3.63, 3.8) is 0 Å². The van der Waals surface area contributed by atoms with Crippen molar-refractivity contribution >= 4 is 18.0 Å². The Bertz CT molecular complexity index is 256. The molecule has 0 bridgehead atoms. The molecule has 0 N–H and O–H groups in total. The summed E-state index contributed by atoms with van der Waals surface area (Å²) in [4.78, 5) is 4.38. The average molecular weight is 207 g/mol. The lowest BCUT2D eigenvalue weighted by Crippen LogP contribution is -1.87. The number of benzene rings is 1. The van der Waals surface area contributed by atoms with Gasteiger partial charge in [-0.05, 0) is 23.5 Å². The van der Waals surface area contributed by atoms with E-state index in [9.17, 15) is 0 Å². The summed E-state index contributed by atoms with van der Waals surface area (Å²) in [6.45, 7) is 3.14. The molecule has 0 fully saturated rings. The molecular formula is C12H17NS. The SMILES string of the molecule is CCSCCCN=Cc1ccccc1. The molecule has 1 aromatic rings. The van der Waals surface area contributed by atoms with E-state index in [1.54, 1.807) is 0 Å². The molecule has 0 aliphatic heterocycles. The third-order valence-corrected chi connectivity index (χ3v) is 2.81. The number of aliphatic imine (C=N–C) groups is 1. The normalized spacial score (nSPS) is 10.9. The summed E-state index contributed by atoms with van der Waals surface area (Å²) < 4.78 is 0. The molecule has 0 unspecified atom stereocenters. The van der Waals surface area contributed by atoms with E-state index in [-0.39, 0.29) is 0 Å². The van der Waals surface area contributed by atoms with Gasteiger partial charge in [-0.25, -0.2) is 0 Å². The Kier molecular flexibility index (Phi) is 6.16. The van der Waals surface area contributed by atoms with E-state index in [1.807, 2.05) is 36.2 Å². The Labute approximate surface area is 90.6 Å². The Morgan fingerprint density at radius 3 is 2.79 bits per heavy atom. The smallest absolute Gasteiger partial charge is 0.0397 e. The maximum atomic E-state index is 4.38. The fraction of sp³-hybridized carbons (Fsp3) is 0.417. The Morgan fingerprint density at radius 2 is 2.07 bits per heavy atom. The van der Waals surface area contributed by atoms with Gasteiger partial charge in [0.1, 0.15) is 0 Å². The van der Waals surface area contributed by atoms with Crippen molar-refractivity contribution in [2.75, 3.05) is 18.1 Å². The second-order valence-electron chi connectivity index (χ2n) is 3.00. The first kappa shape index (κ1) is 11.3. The van der Waals surface area contributed by atoms with Crippen LogP contribution in [0.25, 0.3) is 0 Å². The summed E-state index contributed by atoms with van der Waals surface area (Å²) in [7, 11) is 0. The lowest BCUT2D eigenvalue weighted by molar-refractivity contribution is 0.948. The number of rotatable bonds is 6. The Balaban J connectivity index is 2.15. The van der Waals surface area contributed by atoms with Gasteiger partial charge in [-0.3, -0.25) is 4.99 Å². The van der Waals surface area contributed by atoms with Gasteiger partial charge >= 0.3 is 0 Å². The highest BCUT2D eigenvalue weighted by molar-refractivity contribution is 7.99. The third-order valence-electron chi connectivity index (χ3n) is 1.82. The highest BCUT2D eigenvalue weighted by atomic mass is 32.2. The molecular weight excluding hydrogens is 190 g/mol. The van der Waals surface area contributed by atoms with E-state index in [1.165, 1.54) is 23.5 Å². The number of thioether (sulfide) groups is 1. The van der Waals surface area contributed by atoms with Crippen molar-refractivity contribution in [1.29, 1.82) is 0 Å². The van der Waals surface area contributed by atoms with Gasteiger partial charge in [-0.15, -0.1) is 0 Å². The van der Waals surface area contributed by atoms with E-state index in [0.29, 0.717) is 0 Å². The zero-order valence-electron chi connectivity index (χ0n) is 8.65. The van der Waals surface area contributed by atoms with Crippen LogP contribution in [0.5, 0.6) is 0 Å². The van der Waals surface area contributed by atoms with Crippen LogP contribution in [0.15, 0.2) is 35.3 Å². The molecule has 1 aromatic carbocycles. The molecule has 0 heterocycles. The van der Waals surface area contributed by atoms with Crippen molar-refractivity contribution in [1.82, 2.24) is 0 Å². The maximum Gasteiger partial charge on any atom is 0.0397 e. The van der Waals surface area contributed by atoms with Crippen LogP contribution >= 0.6 is 11.8 Å². The van der Waals surface area contributed by atoms with E-state index in [4.69, 9.17) is 0 Å². The predicted octanol–water partition coefficient (Wildman–Crippen LogP) is 3.25. The molecule has 0 saturated heterocycles. The van der Waals surface area contributed by atoms with Gasteiger partial charge < -0.3 is 0 Å². The molecule has 2 heteroatoms. The largest absolute Gasteiger partial charge is 0.293 e. The summed E-state index contributed by atoms with van der Waals surface area (Å²) in [5, 5.41) is 0. The molecule has 0 spiro atoms. The standard InChI is InChI=1S/C12H17NS/c1-2-14-10-6-9-13-11-12-7-4-3-5-8-12/h3-5,7-8,11H,2,6,9-10H2,1H3. The van der Waals surface area contributed by atoms with Crippen LogP contribution in [0.1, 0.15) is 18.9 Å². The Morgan fingerprint density at radius 1 is 1.29 bits per heavy atom. The molecule has 0 aliphatic rings. The quantitative estimate of drug-likeness (QED) is 0.515. The maximum absolute atomic E-state index is 4.38. The molecule has 0 radical (unpaired) electrons. The molecule has 0 aliphatic carbocycles. The van der Waals surface area contributed by atoms with Gasteiger partial charge in [-0.1, -0.05) is 37.3 Å². The predicted molar refractivity (Wildman–Crippen MR) is 66.5 cm³/mol. The van der Waals surface area contributed by atoms with Gasteiger partial charge in [0.05, 0.1) is 0 Å². The molecule has 1 rings (SSSR count).